The Hall–Kier alpha value is -2.24. The summed E-state index contributed by atoms with van der Waals surface area (Å²) in [4.78, 5) is 10.8. The molecule has 3 N–H and O–H groups in total. The van der Waals surface area contributed by atoms with Gasteiger partial charge in [-0.15, -0.1) is 0 Å². The van der Waals surface area contributed by atoms with Crippen molar-refractivity contribution in [2.45, 2.75) is 0 Å². The summed E-state index contributed by atoms with van der Waals surface area (Å²) in [5.74, 6) is 0.0555. The second-order valence-corrected chi connectivity index (χ2v) is 2.87. The van der Waals surface area contributed by atoms with Crippen LogP contribution in [0.1, 0.15) is 5.56 Å². The highest BCUT2D eigenvalue weighted by Crippen LogP contribution is 2.11. The van der Waals surface area contributed by atoms with Crippen LogP contribution in [0.2, 0.25) is 0 Å². The molecule has 0 aromatic heterocycles. The molecule has 1 aromatic rings. The van der Waals surface area contributed by atoms with Crippen LogP contribution >= 0.6 is 0 Å². The molecular weight excluding hydrogens is 212 g/mol. The Morgan fingerprint density at radius 2 is 2.06 bits per heavy atom. The number of rotatable bonds is 4. The van der Waals surface area contributed by atoms with Crippen molar-refractivity contribution in [3.63, 3.8) is 0 Å². The van der Waals surface area contributed by atoms with Crippen LogP contribution in [0.3, 0.4) is 0 Å². The minimum atomic E-state index is -0.458. The highest BCUT2D eigenvalue weighted by Gasteiger charge is 2.03. The monoisotopic (exact) mass is 224 g/mol. The maximum Gasteiger partial charge on any atom is 0.343 e. The lowest BCUT2D eigenvalue weighted by molar-refractivity contribution is -0.142. The summed E-state index contributed by atoms with van der Waals surface area (Å²) < 4.78 is 9.52. The predicted molar refractivity (Wildman–Crippen MR) is 56.5 cm³/mol. The first-order valence-electron chi connectivity index (χ1n) is 4.45. The van der Waals surface area contributed by atoms with Gasteiger partial charge in [0.2, 0.25) is 0 Å². The molecule has 1 rings (SSSR count). The number of ether oxygens (including phenoxy) is 2. The van der Waals surface area contributed by atoms with Crippen LogP contribution in [0, 0.1) is 0 Å². The van der Waals surface area contributed by atoms with Gasteiger partial charge in [0, 0.05) is 5.56 Å². The smallest absolute Gasteiger partial charge is 0.343 e. The van der Waals surface area contributed by atoms with Crippen LogP contribution < -0.4 is 10.5 Å². The molecular formula is C10H12N2O4. The van der Waals surface area contributed by atoms with E-state index in [1.165, 1.54) is 7.11 Å². The topological polar surface area (TPSA) is 94.1 Å². The molecule has 6 nitrogen and oxygen atoms in total. The first-order chi connectivity index (χ1) is 7.67. The second kappa shape index (κ2) is 5.59. The molecule has 0 aliphatic rings. The minimum absolute atomic E-state index is 0.0134. The molecule has 0 spiro atoms. The van der Waals surface area contributed by atoms with Gasteiger partial charge in [0.1, 0.15) is 5.75 Å². The van der Waals surface area contributed by atoms with Crippen molar-refractivity contribution < 1.29 is 19.5 Å². The lowest BCUT2D eigenvalue weighted by Crippen LogP contribution is -2.14. The number of carbonyl (C=O) groups excluding carboxylic acids is 1. The molecule has 1 aromatic carbocycles. The highest BCUT2D eigenvalue weighted by atomic mass is 16.6. The van der Waals surface area contributed by atoms with E-state index < -0.39 is 5.97 Å². The fourth-order valence-corrected chi connectivity index (χ4v) is 0.981. The Bertz CT molecular complexity index is 386. The molecule has 0 radical (unpaired) electrons. The van der Waals surface area contributed by atoms with E-state index in [0.717, 1.165) is 0 Å². The van der Waals surface area contributed by atoms with Gasteiger partial charge in [-0.05, 0) is 24.3 Å². The molecule has 6 heteroatoms. The fraction of sp³-hybridized carbons (Fsp3) is 0.200. The van der Waals surface area contributed by atoms with Gasteiger partial charge in [-0.2, -0.15) is 0 Å². The summed E-state index contributed by atoms with van der Waals surface area (Å²) in [6.07, 6.45) is 0. The van der Waals surface area contributed by atoms with Crippen molar-refractivity contribution in [2.75, 3.05) is 13.7 Å². The first kappa shape index (κ1) is 11.8. The van der Waals surface area contributed by atoms with Crippen LogP contribution in [0.15, 0.2) is 29.4 Å². The lowest BCUT2D eigenvalue weighted by atomic mass is 10.2. The molecule has 16 heavy (non-hydrogen) atoms. The van der Waals surface area contributed by atoms with Crippen molar-refractivity contribution >= 4 is 11.8 Å². The minimum Gasteiger partial charge on any atom is -0.482 e. The Morgan fingerprint density at radius 3 is 2.56 bits per heavy atom. The second-order valence-electron chi connectivity index (χ2n) is 2.87. The number of benzene rings is 1. The average molecular weight is 224 g/mol. The van der Waals surface area contributed by atoms with Crippen LogP contribution in [0.5, 0.6) is 5.75 Å². The number of carbonyl (C=O) groups is 1. The molecule has 0 fully saturated rings. The summed E-state index contributed by atoms with van der Waals surface area (Å²) >= 11 is 0. The van der Waals surface area contributed by atoms with Gasteiger partial charge >= 0.3 is 5.97 Å². The Morgan fingerprint density at radius 1 is 1.44 bits per heavy atom. The highest BCUT2D eigenvalue weighted by molar-refractivity contribution is 5.97. The third kappa shape index (κ3) is 3.16. The van der Waals surface area contributed by atoms with Gasteiger partial charge in [0.05, 0.1) is 7.11 Å². The largest absolute Gasteiger partial charge is 0.482 e. The van der Waals surface area contributed by atoms with Crippen LogP contribution in [0.25, 0.3) is 0 Å². The predicted octanol–water partition coefficient (Wildman–Crippen LogP) is 0.333. The number of nitrogens with two attached hydrogens (primary N) is 1. The molecule has 0 saturated heterocycles. The van der Waals surface area contributed by atoms with Crippen LogP contribution in [0.4, 0.5) is 0 Å². The number of amidine groups is 1. The van der Waals surface area contributed by atoms with E-state index in [1.54, 1.807) is 24.3 Å². The van der Waals surface area contributed by atoms with Crippen molar-refractivity contribution in [3.05, 3.63) is 29.8 Å². The van der Waals surface area contributed by atoms with Gasteiger partial charge in [-0.3, -0.25) is 0 Å². The van der Waals surface area contributed by atoms with E-state index in [4.69, 9.17) is 15.7 Å². The SMILES string of the molecule is COC(=O)COc1ccc(/C(N)=N/O)cc1. The third-order valence-electron chi connectivity index (χ3n) is 1.84. The number of oxime groups is 1. The molecule has 0 bridgehead atoms. The molecule has 0 amide bonds. The Balaban J connectivity index is 2.61. The molecule has 86 valence electrons. The zero-order chi connectivity index (χ0) is 12.0. The Labute approximate surface area is 92.3 Å². The van der Waals surface area contributed by atoms with Crippen molar-refractivity contribution in [1.29, 1.82) is 0 Å². The van der Waals surface area contributed by atoms with Crippen LogP contribution in [-0.2, 0) is 9.53 Å². The van der Waals surface area contributed by atoms with Crippen molar-refractivity contribution in [1.82, 2.24) is 0 Å². The Kier molecular flexibility index (Phi) is 4.14. The van der Waals surface area contributed by atoms with E-state index in [9.17, 15) is 4.79 Å². The van der Waals surface area contributed by atoms with E-state index in [0.29, 0.717) is 11.3 Å². The number of esters is 1. The third-order valence-corrected chi connectivity index (χ3v) is 1.84. The van der Waals surface area contributed by atoms with Gasteiger partial charge in [0.15, 0.2) is 12.4 Å². The van der Waals surface area contributed by atoms with Gasteiger partial charge in [-0.1, -0.05) is 5.16 Å². The standard InChI is InChI=1S/C10H12N2O4/c1-15-9(13)6-16-8-4-2-7(3-5-8)10(11)12-14/h2-5,14H,6H2,1H3,(H2,11,12). The molecule has 0 atom stereocenters. The number of methoxy groups -OCH3 is 1. The quantitative estimate of drug-likeness (QED) is 0.253. The van der Waals surface area contributed by atoms with E-state index in [-0.39, 0.29) is 12.4 Å². The van der Waals surface area contributed by atoms with Crippen LogP contribution in [-0.4, -0.2) is 30.7 Å². The first-order valence-corrected chi connectivity index (χ1v) is 4.45. The summed E-state index contributed by atoms with van der Waals surface area (Å²) in [6.45, 7) is -0.153. The molecule has 0 unspecified atom stereocenters. The van der Waals surface area contributed by atoms with Gasteiger partial charge < -0.3 is 20.4 Å². The number of hydrogen-bond acceptors (Lipinski definition) is 5. The van der Waals surface area contributed by atoms with E-state index in [2.05, 4.69) is 9.89 Å². The van der Waals surface area contributed by atoms with Gasteiger partial charge in [-0.25, -0.2) is 4.79 Å². The lowest BCUT2D eigenvalue weighted by Gasteiger charge is -2.05. The molecule has 0 aliphatic carbocycles. The molecule has 0 heterocycles. The maximum atomic E-state index is 10.8. The van der Waals surface area contributed by atoms with Gasteiger partial charge in [0.25, 0.3) is 0 Å². The average Bonchev–Trinajstić information content (AvgIpc) is 2.35. The van der Waals surface area contributed by atoms with Crippen molar-refractivity contribution in [2.24, 2.45) is 10.9 Å². The molecule has 0 aliphatic heterocycles. The maximum absolute atomic E-state index is 10.8. The molecule has 0 saturated carbocycles. The number of nitrogens with zero attached hydrogens (tertiary/aromatic N) is 1. The van der Waals surface area contributed by atoms with E-state index in [1.807, 2.05) is 0 Å². The fourth-order valence-electron chi connectivity index (χ4n) is 0.981. The zero-order valence-electron chi connectivity index (χ0n) is 8.71. The van der Waals surface area contributed by atoms with E-state index >= 15 is 0 Å². The summed E-state index contributed by atoms with van der Waals surface area (Å²) in [6, 6.07) is 6.44. The summed E-state index contributed by atoms with van der Waals surface area (Å²) in [5, 5.41) is 11.3. The normalized spacial score (nSPS) is 10.9. The zero-order valence-corrected chi connectivity index (χ0v) is 8.71. The number of hydrogen-bond donors (Lipinski definition) is 2. The summed E-state index contributed by atoms with van der Waals surface area (Å²) in [5.41, 5.74) is 5.94. The summed E-state index contributed by atoms with van der Waals surface area (Å²) in [7, 11) is 1.28. The van der Waals surface area contributed by atoms with Crippen molar-refractivity contribution in [3.8, 4) is 5.75 Å².